The summed E-state index contributed by atoms with van der Waals surface area (Å²) in [5.41, 5.74) is 2.89. The predicted octanol–water partition coefficient (Wildman–Crippen LogP) is 3.57. The fourth-order valence-electron chi connectivity index (χ4n) is 2.00. The van der Waals surface area contributed by atoms with Gasteiger partial charge in [0.1, 0.15) is 5.75 Å². The number of aliphatic imine (C=N–C) groups is 1. The lowest BCUT2D eigenvalue weighted by Crippen LogP contribution is -2.15. The third kappa shape index (κ3) is 3.12. The fraction of sp³-hybridized carbons (Fsp3) is 0.176. The Morgan fingerprint density at radius 3 is 2.20 bits per heavy atom. The van der Waals surface area contributed by atoms with Crippen LogP contribution < -0.4 is 4.74 Å². The van der Waals surface area contributed by atoms with Gasteiger partial charge in [0.2, 0.25) is 0 Å². The van der Waals surface area contributed by atoms with Crippen LogP contribution in [0.2, 0.25) is 0 Å². The molecule has 0 bridgehead atoms. The molecule has 0 spiro atoms. The number of nitrogens with zero attached hydrogens (tertiary/aromatic N) is 1. The molecule has 0 aliphatic heterocycles. The normalized spacial score (nSPS) is 11.2. The van der Waals surface area contributed by atoms with Gasteiger partial charge < -0.3 is 4.74 Å². The van der Waals surface area contributed by atoms with Crippen molar-refractivity contribution in [2.75, 3.05) is 13.7 Å². The van der Waals surface area contributed by atoms with Crippen LogP contribution >= 0.6 is 0 Å². The van der Waals surface area contributed by atoms with Crippen molar-refractivity contribution in [2.45, 2.75) is 6.92 Å². The van der Waals surface area contributed by atoms with E-state index < -0.39 is 0 Å². The maximum atomic E-state index is 8.33. The minimum absolute atomic E-state index is 0.418. The van der Waals surface area contributed by atoms with E-state index in [1.165, 1.54) is 0 Å². The zero-order valence-electron chi connectivity index (χ0n) is 11.8. The Morgan fingerprint density at radius 1 is 1.00 bits per heavy atom. The molecule has 0 amide bonds. The third-order valence-corrected chi connectivity index (χ3v) is 2.96. The maximum Gasteiger partial charge on any atom is 0.119 e. The zero-order valence-corrected chi connectivity index (χ0v) is 11.8. The van der Waals surface area contributed by atoms with Gasteiger partial charge in [-0.25, -0.2) is 0 Å². The topological polar surface area (TPSA) is 45.4 Å². The van der Waals surface area contributed by atoms with E-state index in [1.54, 1.807) is 7.05 Å². The molecule has 2 aromatic carbocycles. The highest BCUT2D eigenvalue weighted by Crippen LogP contribution is 2.14. The molecule has 0 heterocycles. The molecule has 0 saturated carbocycles. The molecule has 0 saturated heterocycles. The minimum Gasteiger partial charge on any atom is -0.494 e. The van der Waals surface area contributed by atoms with Crippen molar-refractivity contribution in [3.8, 4) is 5.75 Å². The second-order valence-corrected chi connectivity index (χ2v) is 4.27. The van der Waals surface area contributed by atoms with Gasteiger partial charge in [0.25, 0.3) is 0 Å². The van der Waals surface area contributed by atoms with Gasteiger partial charge in [0, 0.05) is 18.2 Å². The molecule has 2 rings (SSSR count). The van der Waals surface area contributed by atoms with Crippen molar-refractivity contribution in [3.63, 3.8) is 0 Å². The van der Waals surface area contributed by atoms with Crippen LogP contribution in [0.3, 0.4) is 0 Å². The second-order valence-electron chi connectivity index (χ2n) is 4.27. The van der Waals surface area contributed by atoms with Crippen LogP contribution in [0.5, 0.6) is 5.75 Å². The first-order valence-corrected chi connectivity index (χ1v) is 6.60. The number of benzene rings is 2. The highest BCUT2D eigenvalue weighted by atomic mass is 16.5. The smallest absolute Gasteiger partial charge is 0.119 e. The predicted molar refractivity (Wildman–Crippen MR) is 83.3 cm³/mol. The quantitative estimate of drug-likeness (QED) is 0.826. The summed E-state index contributed by atoms with van der Waals surface area (Å²) in [7, 11) is 1.71. The zero-order chi connectivity index (χ0) is 14.4. The molecule has 0 radical (unpaired) electrons. The van der Waals surface area contributed by atoms with Crippen LogP contribution in [0.15, 0.2) is 59.6 Å². The van der Waals surface area contributed by atoms with E-state index in [4.69, 9.17) is 10.1 Å². The van der Waals surface area contributed by atoms with E-state index in [1.807, 2.05) is 61.5 Å². The molecule has 3 nitrogen and oxygen atoms in total. The summed E-state index contributed by atoms with van der Waals surface area (Å²) in [4.78, 5) is 4.25. The average molecular weight is 266 g/mol. The Bertz CT molecular complexity index is 601. The molecule has 102 valence electrons. The maximum absolute atomic E-state index is 8.33. The molecule has 2 aromatic rings. The van der Waals surface area contributed by atoms with E-state index in [-0.39, 0.29) is 0 Å². The molecule has 0 aliphatic rings. The molecule has 20 heavy (non-hydrogen) atoms. The van der Waals surface area contributed by atoms with Gasteiger partial charge in [-0.1, -0.05) is 30.3 Å². The number of nitrogens with one attached hydrogen (secondary N) is 1. The molecule has 0 aromatic heterocycles. The lowest BCUT2D eigenvalue weighted by atomic mass is 10.00. The van der Waals surface area contributed by atoms with Crippen LogP contribution in [-0.4, -0.2) is 25.1 Å². The molecule has 1 N–H and O–H groups in total. The van der Waals surface area contributed by atoms with E-state index in [2.05, 4.69) is 4.99 Å². The Morgan fingerprint density at radius 2 is 1.65 bits per heavy atom. The highest BCUT2D eigenvalue weighted by Gasteiger charge is 2.11. The van der Waals surface area contributed by atoms with E-state index in [0.29, 0.717) is 18.0 Å². The van der Waals surface area contributed by atoms with Crippen molar-refractivity contribution in [2.24, 2.45) is 4.99 Å². The summed E-state index contributed by atoms with van der Waals surface area (Å²) in [6, 6.07) is 17.3. The summed E-state index contributed by atoms with van der Waals surface area (Å²) in [6.45, 7) is 2.59. The van der Waals surface area contributed by atoms with Crippen molar-refractivity contribution in [1.29, 1.82) is 5.41 Å². The largest absolute Gasteiger partial charge is 0.494 e. The van der Waals surface area contributed by atoms with Gasteiger partial charge in [-0.05, 0) is 31.2 Å². The van der Waals surface area contributed by atoms with E-state index in [9.17, 15) is 0 Å². The van der Waals surface area contributed by atoms with Gasteiger partial charge in [-0.15, -0.1) is 0 Å². The van der Waals surface area contributed by atoms with Crippen LogP contribution in [0.25, 0.3) is 0 Å². The second kappa shape index (κ2) is 6.66. The first-order chi connectivity index (χ1) is 9.76. The van der Waals surface area contributed by atoms with Crippen LogP contribution in [0.1, 0.15) is 18.1 Å². The van der Waals surface area contributed by atoms with Crippen LogP contribution in [0, 0.1) is 5.41 Å². The SMILES string of the molecule is CCOc1ccc(C(=N)/C(=N\C)c2ccccc2)cc1. The molecule has 0 atom stereocenters. The molecular formula is C17H18N2O. The summed E-state index contributed by atoms with van der Waals surface area (Å²) in [6.07, 6.45) is 0. The van der Waals surface area contributed by atoms with Crippen LogP contribution in [-0.2, 0) is 0 Å². The fourth-order valence-corrected chi connectivity index (χ4v) is 2.00. The van der Waals surface area contributed by atoms with Crippen molar-refractivity contribution in [3.05, 3.63) is 65.7 Å². The van der Waals surface area contributed by atoms with Gasteiger partial charge in [-0.2, -0.15) is 0 Å². The van der Waals surface area contributed by atoms with Gasteiger partial charge in [-0.3, -0.25) is 10.4 Å². The number of hydrogen-bond donors (Lipinski definition) is 1. The molecule has 3 heteroatoms. The number of hydrogen-bond acceptors (Lipinski definition) is 3. The monoisotopic (exact) mass is 266 g/mol. The lowest BCUT2D eigenvalue weighted by Gasteiger charge is -2.09. The molecular weight excluding hydrogens is 248 g/mol. The number of ether oxygens (including phenoxy) is 1. The molecule has 0 unspecified atom stereocenters. The first kappa shape index (κ1) is 14.0. The minimum atomic E-state index is 0.418. The van der Waals surface area contributed by atoms with E-state index in [0.717, 1.165) is 16.9 Å². The summed E-state index contributed by atoms with van der Waals surface area (Å²) in [5, 5.41) is 8.33. The summed E-state index contributed by atoms with van der Waals surface area (Å²) >= 11 is 0. The average Bonchev–Trinajstić information content (AvgIpc) is 2.50. The molecule has 0 aliphatic carbocycles. The Balaban J connectivity index is 2.26. The Hall–Kier alpha value is -2.42. The number of rotatable bonds is 5. The summed E-state index contributed by atoms with van der Waals surface area (Å²) in [5.74, 6) is 0.818. The van der Waals surface area contributed by atoms with E-state index >= 15 is 0 Å². The molecule has 0 fully saturated rings. The van der Waals surface area contributed by atoms with Crippen LogP contribution in [0.4, 0.5) is 0 Å². The standard InChI is InChI=1S/C17H18N2O/c1-3-20-15-11-9-13(10-12-15)16(18)17(19-2)14-7-5-4-6-8-14/h4-12,18H,3H2,1-2H3/b18-16?,19-17-. The lowest BCUT2D eigenvalue weighted by molar-refractivity contribution is 0.340. The van der Waals surface area contributed by atoms with Gasteiger partial charge in [0.05, 0.1) is 18.0 Å². The first-order valence-electron chi connectivity index (χ1n) is 6.60. The Labute approximate surface area is 119 Å². The third-order valence-electron chi connectivity index (χ3n) is 2.96. The highest BCUT2D eigenvalue weighted by molar-refractivity contribution is 6.52. The summed E-state index contributed by atoms with van der Waals surface area (Å²) < 4.78 is 5.41. The van der Waals surface area contributed by atoms with Crippen molar-refractivity contribution in [1.82, 2.24) is 0 Å². The van der Waals surface area contributed by atoms with Crippen molar-refractivity contribution >= 4 is 11.4 Å². The van der Waals surface area contributed by atoms with Gasteiger partial charge in [0.15, 0.2) is 0 Å². The van der Waals surface area contributed by atoms with Crippen molar-refractivity contribution < 1.29 is 4.74 Å². The Kier molecular flexibility index (Phi) is 4.66. The van der Waals surface area contributed by atoms with Gasteiger partial charge >= 0.3 is 0 Å².